The van der Waals surface area contributed by atoms with Gasteiger partial charge in [0.2, 0.25) is 5.82 Å². The minimum absolute atomic E-state index is 0.414. The summed E-state index contributed by atoms with van der Waals surface area (Å²) < 4.78 is 11.2. The summed E-state index contributed by atoms with van der Waals surface area (Å²) >= 11 is 6.15. The average molecular weight is 377 g/mol. The van der Waals surface area contributed by atoms with Crippen molar-refractivity contribution in [1.82, 2.24) is 10.1 Å². The van der Waals surface area contributed by atoms with Gasteiger partial charge in [0.1, 0.15) is 12.4 Å². The summed E-state index contributed by atoms with van der Waals surface area (Å²) in [4.78, 5) is 4.49. The molecule has 0 atom stereocenters. The fourth-order valence-corrected chi connectivity index (χ4v) is 2.90. The normalized spacial score (nSPS) is 10.7. The maximum Gasteiger partial charge on any atom is 0.258 e. The van der Waals surface area contributed by atoms with Crippen LogP contribution in [0.4, 0.5) is 0 Å². The Kier molecular flexibility index (Phi) is 4.90. The van der Waals surface area contributed by atoms with Gasteiger partial charge in [-0.15, -0.1) is 0 Å². The molecular weight excluding hydrogens is 360 g/mol. The van der Waals surface area contributed by atoms with Crippen molar-refractivity contribution in [2.45, 2.75) is 13.5 Å². The Labute approximate surface area is 162 Å². The molecule has 0 amide bonds. The summed E-state index contributed by atoms with van der Waals surface area (Å²) in [6.07, 6.45) is 0. The third-order valence-electron chi connectivity index (χ3n) is 4.16. The SMILES string of the molecule is Cc1cccc(-c2noc(-c3ccc(OCc4ccccc4Cl)cc3)n2)c1. The van der Waals surface area contributed by atoms with Crippen LogP contribution in [0, 0.1) is 6.92 Å². The molecule has 0 saturated heterocycles. The number of hydrogen-bond donors (Lipinski definition) is 0. The standard InChI is InChI=1S/C22H17ClN2O2/c1-15-5-4-7-17(13-15)21-24-22(27-25-21)16-9-11-19(12-10-16)26-14-18-6-2-3-8-20(18)23/h2-13H,14H2,1H3. The van der Waals surface area contributed by atoms with E-state index in [2.05, 4.69) is 10.1 Å². The van der Waals surface area contributed by atoms with Crippen molar-refractivity contribution in [2.75, 3.05) is 0 Å². The number of halogens is 1. The Morgan fingerprint density at radius 3 is 2.52 bits per heavy atom. The van der Waals surface area contributed by atoms with Gasteiger partial charge in [0.15, 0.2) is 0 Å². The summed E-state index contributed by atoms with van der Waals surface area (Å²) in [6, 6.07) is 23.2. The highest BCUT2D eigenvalue weighted by Gasteiger charge is 2.11. The highest BCUT2D eigenvalue weighted by atomic mass is 35.5. The molecule has 0 fully saturated rings. The lowest BCUT2D eigenvalue weighted by molar-refractivity contribution is 0.306. The van der Waals surface area contributed by atoms with Gasteiger partial charge in [0.25, 0.3) is 5.89 Å². The molecule has 0 N–H and O–H groups in total. The van der Waals surface area contributed by atoms with Gasteiger partial charge in [-0.25, -0.2) is 0 Å². The monoisotopic (exact) mass is 376 g/mol. The van der Waals surface area contributed by atoms with E-state index in [4.69, 9.17) is 20.9 Å². The topological polar surface area (TPSA) is 48.2 Å². The van der Waals surface area contributed by atoms with Crippen LogP contribution in [-0.2, 0) is 6.61 Å². The van der Waals surface area contributed by atoms with Crippen molar-refractivity contribution >= 4 is 11.6 Å². The molecule has 4 nitrogen and oxygen atoms in total. The first-order valence-electron chi connectivity index (χ1n) is 8.56. The van der Waals surface area contributed by atoms with E-state index >= 15 is 0 Å². The predicted octanol–water partition coefficient (Wildman–Crippen LogP) is 5.94. The largest absolute Gasteiger partial charge is 0.489 e. The molecular formula is C22H17ClN2O2. The van der Waals surface area contributed by atoms with Crippen molar-refractivity contribution in [2.24, 2.45) is 0 Å². The second-order valence-electron chi connectivity index (χ2n) is 6.20. The molecule has 0 unspecified atom stereocenters. The lowest BCUT2D eigenvalue weighted by Gasteiger charge is -2.07. The Hall–Kier alpha value is -3.11. The Balaban J connectivity index is 1.47. The summed E-state index contributed by atoms with van der Waals surface area (Å²) in [7, 11) is 0. The van der Waals surface area contributed by atoms with Gasteiger partial charge in [0, 0.05) is 21.7 Å². The second kappa shape index (κ2) is 7.64. The molecule has 27 heavy (non-hydrogen) atoms. The van der Waals surface area contributed by atoms with E-state index in [1.807, 2.05) is 79.7 Å². The Morgan fingerprint density at radius 1 is 0.926 bits per heavy atom. The molecule has 0 aliphatic rings. The minimum atomic E-state index is 0.414. The zero-order chi connectivity index (χ0) is 18.6. The highest BCUT2D eigenvalue weighted by Crippen LogP contribution is 2.25. The number of benzene rings is 3. The van der Waals surface area contributed by atoms with Gasteiger partial charge in [-0.2, -0.15) is 4.98 Å². The zero-order valence-corrected chi connectivity index (χ0v) is 15.5. The predicted molar refractivity (Wildman–Crippen MR) is 106 cm³/mol. The first-order valence-corrected chi connectivity index (χ1v) is 8.94. The van der Waals surface area contributed by atoms with Crippen LogP contribution in [0.25, 0.3) is 22.8 Å². The van der Waals surface area contributed by atoms with Crippen LogP contribution in [-0.4, -0.2) is 10.1 Å². The summed E-state index contributed by atoms with van der Waals surface area (Å²) in [5.41, 5.74) is 3.87. The molecule has 3 aromatic carbocycles. The number of hydrogen-bond acceptors (Lipinski definition) is 4. The van der Waals surface area contributed by atoms with E-state index in [-0.39, 0.29) is 0 Å². The minimum Gasteiger partial charge on any atom is -0.489 e. The maximum atomic E-state index is 6.15. The van der Waals surface area contributed by atoms with Gasteiger partial charge in [-0.05, 0) is 43.3 Å². The lowest BCUT2D eigenvalue weighted by atomic mass is 10.1. The molecule has 0 aliphatic heterocycles. The average Bonchev–Trinajstić information content (AvgIpc) is 3.18. The number of nitrogens with zero attached hydrogens (tertiary/aromatic N) is 2. The smallest absolute Gasteiger partial charge is 0.258 e. The van der Waals surface area contributed by atoms with Gasteiger partial charge in [0.05, 0.1) is 0 Å². The quantitative estimate of drug-likeness (QED) is 0.432. The molecule has 4 aromatic rings. The van der Waals surface area contributed by atoms with Gasteiger partial charge in [-0.1, -0.05) is 58.7 Å². The van der Waals surface area contributed by atoms with Crippen LogP contribution in [0.15, 0.2) is 77.3 Å². The lowest BCUT2D eigenvalue weighted by Crippen LogP contribution is -1.95. The first kappa shape index (κ1) is 17.3. The molecule has 1 heterocycles. The van der Waals surface area contributed by atoms with Crippen LogP contribution in [0.3, 0.4) is 0 Å². The van der Waals surface area contributed by atoms with Crippen molar-refractivity contribution in [1.29, 1.82) is 0 Å². The molecule has 1 aromatic heterocycles. The Morgan fingerprint density at radius 2 is 1.74 bits per heavy atom. The van der Waals surface area contributed by atoms with Crippen molar-refractivity contribution in [3.8, 4) is 28.6 Å². The van der Waals surface area contributed by atoms with Gasteiger partial charge < -0.3 is 9.26 Å². The van der Waals surface area contributed by atoms with Crippen molar-refractivity contribution in [3.05, 3.63) is 88.9 Å². The van der Waals surface area contributed by atoms with Crippen molar-refractivity contribution in [3.63, 3.8) is 0 Å². The van der Waals surface area contributed by atoms with Crippen LogP contribution >= 0.6 is 11.6 Å². The van der Waals surface area contributed by atoms with Gasteiger partial charge >= 0.3 is 0 Å². The molecule has 0 saturated carbocycles. The number of aryl methyl sites for hydroxylation is 1. The molecule has 0 aliphatic carbocycles. The first-order chi connectivity index (χ1) is 13.2. The van der Waals surface area contributed by atoms with Crippen LogP contribution in [0.1, 0.15) is 11.1 Å². The van der Waals surface area contributed by atoms with E-state index in [1.54, 1.807) is 0 Å². The Bertz CT molecular complexity index is 1060. The summed E-state index contributed by atoms with van der Waals surface area (Å²) in [5.74, 6) is 1.80. The van der Waals surface area contributed by atoms with Crippen molar-refractivity contribution < 1.29 is 9.26 Å². The second-order valence-corrected chi connectivity index (χ2v) is 6.60. The van der Waals surface area contributed by atoms with Crippen LogP contribution in [0.2, 0.25) is 5.02 Å². The molecule has 0 spiro atoms. The summed E-state index contributed by atoms with van der Waals surface area (Å²) in [5, 5.41) is 4.78. The van der Waals surface area contributed by atoms with Crippen LogP contribution < -0.4 is 4.74 Å². The summed E-state index contributed by atoms with van der Waals surface area (Å²) in [6.45, 7) is 2.45. The van der Waals surface area contributed by atoms with Crippen LogP contribution in [0.5, 0.6) is 5.75 Å². The number of ether oxygens (including phenoxy) is 1. The highest BCUT2D eigenvalue weighted by molar-refractivity contribution is 6.31. The fourth-order valence-electron chi connectivity index (χ4n) is 2.71. The zero-order valence-electron chi connectivity index (χ0n) is 14.7. The van der Waals surface area contributed by atoms with Gasteiger partial charge in [-0.3, -0.25) is 0 Å². The molecule has 5 heteroatoms. The molecule has 134 valence electrons. The van der Waals surface area contributed by atoms with E-state index < -0.39 is 0 Å². The third-order valence-corrected chi connectivity index (χ3v) is 4.52. The molecule has 0 bridgehead atoms. The van der Waals surface area contributed by atoms with E-state index in [1.165, 1.54) is 0 Å². The fraction of sp³-hybridized carbons (Fsp3) is 0.0909. The molecule has 4 rings (SSSR count). The van der Waals surface area contributed by atoms with E-state index in [0.717, 1.165) is 28.0 Å². The number of aromatic nitrogens is 2. The van der Waals surface area contributed by atoms with E-state index in [9.17, 15) is 0 Å². The number of rotatable bonds is 5. The molecule has 0 radical (unpaired) electrons. The maximum absolute atomic E-state index is 6.15. The van der Waals surface area contributed by atoms with E-state index in [0.29, 0.717) is 23.3 Å². The third kappa shape index (κ3) is 4.01.